The third-order valence-corrected chi connectivity index (χ3v) is 13.0. The van der Waals surface area contributed by atoms with E-state index < -0.39 is 23.6 Å². The number of pyridine rings is 1. The third kappa shape index (κ3) is 11.4. The zero-order valence-electron chi connectivity index (χ0n) is 37.6. The lowest BCUT2D eigenvalue weighted by Gasteiger charge is -2.34. The lowest BCUT2D eigenvalue weighted by molar-refractivity contribution is -0.136. The van der Waals surface area contributed by atoms with Gasteiger partial charge in [0, 0.05) is 92.9 Å². The molecular weight excluding hydrogens is 871 g/mol. The van der Waals surface area contributed by atoms with Crippen molar-refractivity contribution in [2.75, 3.05) is 83.4 Å². The quantitative estimate of drug-likeness (QED) is 0.0506. The highest BCUT2D eigenvalue weighted by Crippen LogP contribution is 2.35. The summed E-state index contributed by atoms with van der Waals surface area (Å²) in [5, 5.41) is 5.41. The molecule has 0 aliphatic carbocycles. The summed E-state index contributed by atoms with van der Waals surface area (Å²) in [5.41, 5.74) is 3.71. The van der Waals surface area contributed by atoms with Crippen LogP contribution in [0, 0.1) is 18.6 Å². The molecule has 3 amide bonds. The van der Waals surface area contributed by atoms with Gasteiger partial charge in [-0.2, -0.15) is 0 Å². The fourth-order valence-corrected chi connectivity index (χ4v) is 9.60. The van der Waals surface area contributed by atoms with Crippen molar-refractivity contribution in [2.24, 2.45) is 0 Å². The number of fused-ring (bicyclic) bond motifs is 2. The Labute approximate surface area is 386 Å². The monoisotopic (exact) mass is 926 g/mol. The van der Waals surface area contributed by atoms with Crippen LogP contribution in [0.4, 0.5) is 20.5 Å². The lowest BCUT2D eigenvalue weighted by atomic mass is 10.0. The van der Waals surface area contributed by atoms with Crippen molar-refractivity contribution >= 4 is 52.3 Å². The first-order chi connectivity index (χ1) is 32.0. The molecule has 3 aromatic heterocycles. The van der Waals surface area contributed by atoms with Crippen LogP contribution in [-0.4, -0.2) is 141 Å². The van der Waals surface area contributed by atoms with Gasteiger partial charge in [0.05, 0.1) is 44.7 Å². The molecule has 2 N–H and O–H groups in total. The number of carbonyl (C=O) groups is 3. The number of anilines is 2. The average Bonchev–Trinajstić information content (AvgIpc) is 3.83. The van der Waals surface area contributed by atoms with E-state index in [4.69, 9.17) is 14.2 Å². The van der Waals surface area contributed by atoms with E-state index >= 15 is 8.78 Å². The van der Waals surface area contributed by atoms with Crippen molar-refractivity contribution in [2.45, 2.75) is 70.1 Å². The number of halogens is 2. The number of piperazine rings is 1. The van der Waals surface area contributed by atoms with E-state index in [0.717, 1.165) is 67.9 Å². The zero-order valence-corrected chi connectivity index (χ0v) is 38.4. The number of aromatic nitrogens is 5. The van der Waals surface area contributed by atoms with Gasteiger partial charge in [-0.3, -0.25) is 24.6 Å². The first-order valence-corrected chi connectivity index (χ1v) is 23.5. The molecule has 2 saturated heterocycles. The maximum absolute atomic E-state index is 15.1. The highest BCUT2D eigenvalue weighted by molar-refractivity contribution is 7.99. The number of benzene rings is 2. The molecule has 2 aromatic carbocycles. The molecule has 5 aromatic rings. The number of nitrogens with one attached hydrogen (secondary N) is 2. The number of imidazole rings is 1. The van der Waals surface area contributed by atoms with E-state index in [9.17, 15) is 14.4 Å². The topological polar surface area (TPSA) is 169 Å². The number of hydrogen-bond donors (Lipinski definition) is 2. The summed E-state index contributed by atoms with van der Waals surface area (Å²) in [5.74, 6) is -0.0187. The maximum Gasteiger partial charge on any atom is 0.255 e. The number of imide groups is 1. The molecule has 0 spiro atoms. The first kappa shape index (κ1) is 47.1. The summed E-state index contributed by atoms with van der Waals surface area (Å²) in [6.07, 6.45) is 4.41. The van der Waals surface area contributed by atoms with E-state index in [1.165, 1.54) is 6.07 Å². The molecule has 1 atom stereocenters. The second-order valence-electron chi connectivity index (χ2n) is 16.9. The number of hydrogen-bond acceptors (Lipinski definition) is 14. The summed E-state index contributed by atoms with van der Waals surface area (Å²) < 4.78 is 49.3. The average molecular weight is 927 g/mol. The van der Waals surface area contributed by atoms with Gasteiger partial charge in [-0.05, 0) is 75.1 Å². The Morgan fingerprint density at radius 3 is 2.38 bits per heavy atom. The fraction of sp³-hybridized carbons (Fsp3) is 0.468. The Balaban J connectivity index is 0.661. The van der Waals surface area contributed by atoms with Gasteiger partial charge in [-0.15, -0.1) is 11.8 Å². The van der Waals surface area contributed by atoms with Crippen LogP contribution in [0.15, 0.2) is 59.8 Å². The molecule has 2 fully saturated rings. The maximum atomic E-state index is 15.1. The molecule has 6 heterocycles. The molecule has 3 aliphatic heterocycles. The molecule has 8 rings (SSSR count). The summed E-state index contributed by atoms with van der Waals surface area (Å²) in [4.78, 5) is 61.9. The Morgan fingerprint density at radius 1 is 0.879 bits per heavy atom. The van der Waals surface area contributed by atoms with Gasteiger partial charge in [0.2, 0.25) is 17.8 Å². The van der Waals surface area contributed by atoms with Crippen LogP contribution in [0.3, 0.4) is 0 Å². The predicted molar refractivity (Wildman–Crippen MR) is 245 cm³/mol. The highest BCUT2D eigenvalue weighted by Gasteiger charge is 2.40. The number of nitrogens with zero attached hydrogens (tertiary/aromatic N) is 8. The fourth-order valence-electron chi connectivity index (χ4n) is 8.66. The summed E-state index contributed by atoms with van der Waals surface area (Å²) in [7, 11) is 0. The Bertz CT molecular complexity index is 2520. The molecular formula is C47H56F2N10O6S. The van der Waals surface area contributed by atoms with Crippen molar-refractivity contribution in [3.05, 3.63) is 89.0 Å². The van der Waals surface area contributed by atoms with Crippen LogP contribution in [-0.2, 0) is 36.9 Å². The molecule has 350 valence electrons. The van der Waals surface area contributed by atoms with Gasteiger partial charge in [-0.1, -0.05) is 12.1 Å². The third-order valence-electron chi connectivity index (χ3n) is 11.9. The summed E-state index contributed by atoms with van der Waals surface area (Å²) >= 11 is 1.62. The largest absolute Gasteiger partial charge is 0.379 e. The van der Waals surface area contributed by atoms with Gasteiger partial charge in [0.1, 0.15) is 28.9 Å². The highest BCUT2D eigenvalue weighted by atomic mass is 32.2. The van der Waals surface area contributed by atoms with Crippen molar-refractivity contribution < 1.29 is 37.4 Å². The minimum absolute atomic E-state index is 0.0162. The number of aryl methyl sites for hydroxylation is 1. The summed E-state index contributed by atoms with van der Waals surface area (Å²) in [6, 6.07) is 11.9. The second-order valence-corrected chi connectivity index (χ2v) is 18.0. The predicted octanol–water partition coefficient (Wildman–Crippen LogP) is 5.91. The first-order valence-electron chi connectivity index (χ1n) is 22.5. The molecule has 16 nitrogen and oxygen atoms in total. The minimum Gasteiger partial charge on any atom is -0.379 e. The normalized spacial score (nSPS) is 17.0. The molecule has 0 bridgehead atoms. The molecule has 3 aliphatic rings. The van der Waals surface area contributed by atoms with E-state index in [1.807, 2.05) is 55.8 Å². The molecule has 19 heteroatoms. The second kappa shape index (κ2) is 21.9. The molecule has 0 radical (unpaired) electrons. The van der Waals surface area contributed by atoms with E-state index in [-0.39, 0.29) is 41.4 Å². The smallest absolute Gasteiger partial charge is 0.255 e. The van der Waals surface area contributed by atoms with Gasteiger partial charge >= 0.3 is 0 Å². The van der Waals surface area contributed by atoms with Gasteiger partial charge < -0.3 is 33.9 Å². The van der Waals surface area contributed by atoms with Gasteiger partial charge in [-0.25, -0.2) is 28.7 Å². The Morgan fingerprint density at radius 2 is 1.64 bits per heavy atom. The SMILES string of the molecule is Cc1nc2c(F)cc(-c3nc(Nc4ccc(CN5CCN(CCCOCCOCCOCCSc6cccc7c6CN(C6CCC(=O)NC6=O)C7=O)CC5)cn4)ncc3F)cc2n1C(C)C. The van der Waals surface area contributed by atoms with E-state index in [2.05, 4.69) is 40.4 Å². The summed E-state index contributed by atoms with van der Waals surface area (Å²) in [6.45, 7) is 15.0. The number of ether oxygens (including phenoxy) is 3. The number of thioether (sulfide) groups is 1. The lowest BCUT2D eigenvalue weighted by Crippen LogP contribution is -2.52. The van der Waals surface area contributed by atoms with E-state index in [1.54, 1.807) is 28.8 Å². The molecule has 0 saturated carbocycles. The molecule has 1 unspecified atom stereocenters. The van der Waals surface area contributed by atoms with Crippen LogP contribution < -0.4 is 10.6 Å². The van der Waals surface area contributed by atoms with Crippen molar-refractivity contribution in [1.82, 2.24) is 44.5 Å². The number of carbonyl (C=O) groups excluding carboxylic acids is 3. The standard InChI is InChI=1S/C47H56F2N10O6S/c1-30(2)59-31(3)52-44-36(48)24-33(25-39(44)59)43-37(49)27-51-47(55-43)53-41-10-8-32(26-50-41)28-57-15-13-56(14-16-57)12-5-17-63-18-19-64-20-21-65-22-23-66-40-7-4-6-34-35(40)29-58(46(34)62)38-9-11-42(60)54-45(38)61/h4,6-8,10,24-27,30,38H,5,9,11-23,28-29H2,1-3H3,(H,54,60,61)(H,50,51,53,55). The van der Waals surface area contributed by atoms with Crippen molar-refractivity contribution in [1.29, 1.82) is 0 Å². The van der Waals surface area contributed by atoms with Crippen LogP contribution in [0.1, 0.15) is 66.5 Å². The van der Waals surface area contributed by atoms with Crippen molar-refractivity contribution in [3.8, 4) is 11.3 Å². The number of rotatable bonds is 21. The molecule has 66 heavy (non-hydrogen) atoms. The van der Waals surface area contributed by atoms with Crippen LogP contribution in [0.5, 0.6) is 0 Å². The van der Waals surface area contributed by atoms with Crippen LogP contribution in [0.2, 0.25) is 0 Å². The Hall–Kier alpha value is -5.44. The number of amides is 3. The van der Waals surface area contributed by atoms with Gasteiger partial charge in [0.25, 0.3) is 5.91 Å². The van der Waals surface area contributed by atoms with E-state index in [0.29, 0.717) is 86.6 Å². The number of piperidine rings is 1. The van der Waals surface area contributed by atoms with Crippen molar-refractivity contribution in [3.63, 3.8) is 0 Å². The Kier molecular flexibility index (Phi) is 15.6. The van der Waals surface area contributed by atoms with Gasteiger partial charge in [0.15, 0.2) is 11.6 Å². The zero-order chi connectivity index (χ0) is 46.2. The minimum atomic E-state index is -0.660. The van der Waals surface area contributed by atoms with Crippen LogP contribution in [0.25, 0.3) is 22.3 Å². The van der Waals surface area contributed by atoms with Crippen LogP contribution >= 0.6 is 11.8 Å².